The molecule has 152 valence electrons. The van der Waals surface area contributed by atoms with Crippen LogP contribution in [0, 0.1) is 0 Å². The molecule has 2 aromatic rings. The van der Waals surface area contributed by atoms with Gasteiger partial charge in [0, 0.05) is 5.02 Å². The van der Waals surface area contributed by atoms with E-state index in [1.807, 2.05) is 0 Å². The van der Waals surface area contributed by atoms with E-state index in [0.717, 1.165) is 29.8 Å². The first-order chi connectivity index (χ1) is 13.1. The van der Waals surface area contributed by atoms with Crippen molar-refractivity contribution in [2.24, 2.45) is 0 Å². The summed E-state index contributed by atoms with van der Waals surface area (Å²) in [5.74, 6) is -0.485. The molecular formula is C18H18ClF3N2O3S. The number of benzene rings is 2. The molecule has 0 unspecified atom stereocenters. The fourth-order valence-corrected chi connectivity index (χ4v) is 4.78. The molecule has 0 atom stereocenters. The molecule has 0 radical (unpaired) electrons. The van der Waals surface area contributed by atoms with Gasteiger partial charge in [-0.1, -0.05) is 23.7 Å². The van der Waals surface area contributed by atoms with Crippen molar-refractivity contribution in [2.75, 3.05) is 13.1 Å². The van der Waals surface area contributed by atoms with Gasteiger partial charge in [-0.2, -0.15) is 0 Å². The van der Waals surface area contributed by atoms with Gasteiger partial charge in [0.25, 0.3) is 0 Å². The summed E-state index contributed by atoms with van der Waals surface area (Å²) in [6.07, 6.45) is -3.81. The summed E-state index contributed by atoms with van der Waals surface area (Å²) >= 11 is 5.94. The molecule has 3 rings (SSSR count). The van der Waals surface area contributed by atoms with Crippen LogP contribution >= 0.6 is 11.6 Å². The summed E-state index contributed by atoms with van der Waals surface area (Å²) in [5.41, 5.74) is -0.0606. The standard InChI is InChI=1S/C18H18ClF3N2O3S/c19-14-3-1-13(2-4-14)17(9-11-23-12-10-17)24-28(25,26)16-7-5-15(6-8-16)27-18(20,21)22/h1-8,23-24H,9-12H2. The van der Waals surface area contributed by atoms with E-state index in [1.165, 1.54) is 0 Å². The van der Waals surface area contributed by atoms with Gasteiger partial charge in [0.2, 0.25) is 10.0 Å². The molecule has 10 heteroatoms. The maximum Gasteiger partial charge on any atom is 0.573 e. The van der Waals surface area contributed by atoms with Gasteiger partial charge in [-0.3, -0.25) is 0 Å². The topological polar surface area (TPSA) is 67.4 Å². The maximum absolute atomic E-state index is 12.9. The quantitative estimate of drug-likeness (QED) is 0.751. The van der Waals surface area contributed by atoms with Gasteiger partial charge in [-0.25, -0.2) is 13.1 Å². The minimum absolute atomic E-state index is 0.145. The molecule has 1 aliphatic heterocycles. The monoisotopic (exact) mass is 434 g/mol. The van der Waals surface area contributed by atoms with E-state index in [-0.39, 0.29) is 4.90 Å². The Balaban J connectivity index is 1.88. The number of rotatable bonds is 5. The fourth-order valence-electron chi connectivity index (χ4n) is 3.21. The normalized spacial score (nSPS) is 17.3. The predicted octanol–water partition coefficient (Wildman–Crippen LogP) is 3.80. The van der Waals surface area contributed by atoms with E-state index in [4.69, 9.17) is 11.6 Å². The number of sulfonamides is 1. The number of piperidine rings is 1. The van der Waals surface area contributed by atoms with E-state index in [0.29, 0.717) is 31.0 Å². The van der Waals surface area contributed by atoms with Gasteiger partial charge in [-0.05, 0) is 67.9 Å². The summed E-state index contributed by atoms with van der Waals surface area (Å²) in [5, 5.41) is 3.73. The molecule has 0 saturated carbocycles. The Bertz CT molecular complexity index is 911. The molecule has 0 aliphatic carbocycles. The minimum atomic E-state index is -4.84. The highest BCUT2D eigenvalue weighted by Gasteiger charge is 2.38. The van der Waals surface area contributed by atoms with Gasteiger partial charge < -0.3 is 10.1 Å². The first-order valence-corrected chi connectivity index (χ1v) is 10.3. The van der Waals surface area contributed by atoms with E-state index in [9.17, 15) is 21.6 Å². The second-order valence-corrected chi connectivity index (χ2v) is 8.58. The largest absolute Gasteiger partial charge is 0.573 e. The molecule has 0 aromatic heterocycles. The molecule has 5 nitrogen and oxygen atoms in total. The van der Waals surface area contributed by atoms with Crippen LogP contribution in [0.25, 0.3) is 0 Å². The fraction of sp³-hybridized carbons (Fsp3) is 0.333. The summed E-state index contributed by atoms with van der Waals surface area (Å²) < 4.78 is 69.2. The van der Waals surface area contributed by atoms with Crippen LogP contribution in [0.1, 0.15) is 18.4 Å². The lowest BCUT2D eigenvalue weighted by atomic mass is 9.82. The molecule has 0 amide bonds. The van der Waals surface area contributed by atoms with Crippen LogP contribution in [0.4, 0.5) is 13.2 Å². The lowest BCUT2D eigenvalue weighted by molar-refractivity contribution is -0.274. The van der Waals surface area contributed by atoms with E-state index in [1.54, 1.807) is 24.3 Å². The summed E-state index contributed by atoms with van der Waals surface area (Å²) in [4.78, 5) is -0.145. The van der Waals surface area contributed by atoms with Gasteiger partial charge in [-0.15, -0.1) is 13.2 Å². The Morgan fingerprint density at radius 2 is 1.57 bits per heavy atom. The zero-order valence-electron chi connectivity index (χ0n) is 14.6. The third kappa shape index (κ3) is 4.96. The first kappa shape index (κ1) is 20.9. The number of ether oxygens (including phenoxy) is 1. The Hall–Kier alpha value is -1.81. The highest BCUT2D eigenvalue weighted by molar-refractivity contribution is 7.89. The van der Waals surface area contributed by atoms with Crippen molar-refractivity contribution in [3.05, 3.63) is 59.1 Å². The van der Waals surface area contributed by atoms with Crippen LogP contribution in [-0.4, -0.2) is 27.9 Å². The molecule has 1 heterocycles. The molecule has 1 aliphatic rings. The van der Waals surface area contributed by atoms with Crippen molar-refractivity contribution in [1.29, 1.82) is 0 Å². The Kier molecular flexibility index (Phi) is 5.90. The number of hydrogen-bond acceptors (Lipinski definition) is 4. The van der Waals surface area contributed by atoms with Gasteiger partial charge in [0.15, 0.2) is 0 Å². The van der Waals surface area contributed by atoms with Crippen LogP contribution in [0.5, 0.6) is 5.75 Å². The molecular weight excluding hydrogens is 417 g/mol. The Morgan fingerprint density at radius 1 is 1.00 bits per heavy atom. The summed E-state index contributed by atoms with van der Waals surface area (Å²) in [7, 11) is -3.98. The number of nitrogens with one attached hydrogen (secondary N) is 2. The zero-order valence-corrected chi connectivity index (χ0v) is 16.2. The molecule has 28 heavy (non-hydrogen) atoms. The van der Waals surface area contributed by atoms with Crippen molar-refractivity contribution < 1.29 is 26.3 Å². The highest BCUT2D eigenvalue weighted by Crippen LogP contribution is 2.34. The molecule has 0 spiro atoms. The Morgan fingerprint density at radius 3 is 2.11 bits per heavy atom. The smallest absolute Gasteiger partial charge is 0.406 e. The molecule has 2 N–H and O–H groups in total. The van der Waals surface area contributed by atoms with E-state index < -0.39 is 27.7 Å². The van der Waals surface area contributed by atoms with Crippen molar-refractivity contribution in [3.8, 4) is 5.75 Å². The Labute approximate surface area is 165 Å². The average molecular weight is 435 g/mol. The van der Waals surface area contributed by atoms with Crippen LogP contribution in [0.2, 0.25) is 5.02 Å². The van der Waals surface area contributed by atoms with Crippen LogP contribution in [0.15, 0.2) is 53.4 Å². The maximum atomic E-state index is 12.9. The number of halogens is 4. The summed E-state index contributed by atoms with van der Waals surface area (Å²) in [6, 6.07) is 11.0. The second kappa shape index (κ2) is 7.90. The van der Waals surface area contributed by atoms with Crippen molar-refractivity contribution in [2.45, 2.75) is 29.6 Å². The lowest BCUT2D eigenvalue weighted by Crippen LogP contribution is -2.52. The van der Waals surface area contributed by atoms with E-state index >= 15 is 0 Å². The second-order valence-electron chi connectivity index (χ2n) is 6.46. The molecule has 2 aromatic carbocycles. The zero-order chi connectivity index (χ0) is 20.4. The van der Waals surface area contributed by atoms with Crippen LogP contribution < -0.4 is 14.8 Å². The predicted molar refractivity (Wildman–Crippen MR) is 98.7 cm³/mol. The van der Waals surface area contributed by atoms with Crippen molar-refractivity contribution in [3.63, 3.8) is 0 Å². The van der Waals surface area contributed by atoms with Gasteiger partial charge in [0.1, 0.15) is 5.75 Å². The third-order valence-corrected chi connectivity index (χ3v) is 6.36. The minimum Gasteiger partial charge on any atom is -0.406 e. The first-order valence-electron chi connectivity index (χ1n) is 8.46. The van der Waals surface area contributed by atoms with Crippen LogP contribution in [0.3, 0.4) is 0 Å². The molecule has 0 bridgehead atoms. The number of alkyl halides is 3. The third-order valence-electron chi connectivity index (χ3n) is 4.55. The summed E-state index contributed by atoms with van der Waals surface area (Å²) in [6.45, 7) is 1.23. The van der Waals surface area contributed by atoms with Gasteiger partial charge in [0.05, 0.1) is 10.4 Å². The van der Waals surface area contributed by atoms with Crippen molar-refractivity contribution >= 4 is 21.6 Å². The SMILES string of the molecule is O=S(=O)(NC1(c2ccc(Cl)cc2)CCNCC1)c1ccc(OC(F)(F)F)cc1. The van der Waals surface area contributed by atoms with Crippen molar-refractivity contribution in [1.82, 2.24) is 10.0 Å². The average Bonchev–Trinajstić information content (AvgIpc) is 2.62. The van der Waals surface area contributed by atoms with E-state index in [2.05, 4.69) is 14.8 Å². The number of hydrogen-bond donors (Lipinski definition) is 2. The highest BCUT2D eigenvalue weighted by atomic mass is 35.5. The molecule has 1 fully saturated rings. The lowest BCUT2D eigenvalue weighted by Gasteiger charge is -2.38. The van der Waals surface area contributed by atoms with Crippen LogP contribution in [-0.2, 0) is 15.6 Å². The van der Waals surface area contributed by atoms with Gasteiger partial charge >= 0.3 is 6.36 Å². The molecule has 1 saturated heterocycles.